The van der Waals surface area contributed by atoms with Gasteiger partial charge in [-0.05, 0) is 123 Å². The molecule has 4 heterocycles. The average molecular weight is 1100 g/mol. The maximum Gasteiger partial charge on any atom is 0.252 e. The topological polar surface area (TPSA) is 31.4 Å². The summed E-state index contributed by atoms with van der Waals surface area (Å²) >= 11 is 0. The molecule has 4 aliphatic rings. The zero-order valence-electron chi connectivity index (χ0n) is 46.8. The van der Waals surface area contributed by atoms with E-state index in [0.717, 1.165) is 114 Å². The number of fused-ring (bicyclic) bond motifs is 8. The lowest BCUT2D eigenvalue weighted by Crippen LogP contribution is -2.65. The Morgan fingerprint density at radius 2 is 0.512 bits per heavy atom. The summed E-state index contributed by atoms with van der Waals surface area (Å²) in [7, 11) is 0. The third-order valence-electron chi connectivity index (χ3n) is 17.5. The number of nitrogens with zero attached hydrogens (tertiary/aromatic N) is 4. The van der Waals surface area contributed by atoms with Crippen LogP contribution in [-0.4, -0.2) is 13.4 Å². The predicted molar refractivity (Wildman–Crippen MR) is 358 cm³/mol. The molecule has 0 N–H and O–H groups in total. The molecule has 402 valence electrons. The van der Waals surface area contributed by atoms with Gasteiger partial charge in [-0.1, -0.05) is 212 Å². The molecule has 0 bridgehead atoms. The van der Waals surface area contributed by atoms with Crippen molar-refractivity contribution in [2.24, 2.45) is 0 Å². The van der Waals surface area contributed by atoms with Gasteiger partial charge in [-0.2, -0.15) is 0 Å². The van der Waals surface area contributed by atoms with Gasteiger partial charge >= 0.3 is 0 Å². The number of ether oxygens (including phenoxy) is 2. The third kappa shape index (κ3) is 7.98. The molecule has 0 aromatic heterocycles. The average Bonchev–Trinajstić information content (AvgIpc) is 0.746. The molecule has 0 amide bonds. The normalized spacial score (nSPS) is 13.0. The molecule has 17 rings (SSSR count). The molecule has 13 aromatic rings. The standard InChI is InChI=1S/C78H52B2N4O2/c1-7-27-53(28-8-1)61-39-19-25-45-75(61)85-59-47-71-77-73(49-59)83(57-35-15-5-16-36-57)69-52-70-66(51-65(69)79(77)63-41-21-23-43-67(63)81(71)55-31-11-3-12-32-55)80-64-42-22-24-44-68(64)82(56-33-13-4-14-34-56)72-48-60(50-74(78(72)80)84(70)58-37-17-6-18-38-58)86-76-46-26-20-40-62(76)54-29-9-2-10-30-54/h1-52H. The molecule has 0 fully saturated rings. The molecular weight excluding hydrogens is 1050 g/mol. The highest BCUT2D eigenvalue weighted by atomic mass is 16.5. The van der Waals surface area contributed by atoms with E-state index in [2.05, 4.69) is 335 Å². The van der Waals surface area contributed by atoms with E-state index < -0.39 is 0 Å². The van der Waals surface area contributed by atoms with Crippen LogP contribution in [0.25, 0.3) is 22.3 Å². The van der Waals surface area contributed by atoms with E-state index in [1.807, 2.05) is 0 Å². The van der Waals surface area contributed by atoms with Gasteiger partial charge in [0.25, 0.3) is 13.4 Å². The molecule has 0 atom stereocenters. The predicted octanol–water partition coefficient (Wildman–Crippen LogP) is 16.8. The lowest BCUT2D eigenvalue weighted by molar-refractivity contribution is 0.484. The minimum absolute atomic E-state index is 0.173. The van der Waals surface area contributed by atoms with Crippen LogP contribution in [0.2, 0.25) is 0 Å². The fraction of sp³-hybridized carbons (Fsp3) is 0. The van der Waals surface area contributed by atoms with Crippen LogP contribution in [0, 0.1) is 0 Å². The van der Waals surface area contributed by atoms with E-state index in [1.54, 1.807) is 0 Å². The summed E-state index contributed by atoms with van der Waals surface area (Å²) in [6.07, 6.45) is 0. The smallest absolute Gasteiger partial charge is 0.252 e. The first-order valence-electron chi connectivity index (χ1n) is 29.5. The number of para-hydroxylation sites is 8. The van der Waals surface area contributed by atoms with Crippen LogP contribution in [0.5, 0.6) is 23.0 Å². The van der Waals surface area contributed by atoms with Gasteiger partial charge in [-0.25, -0.2) is 0 Å². The van der Waals surface area contributed by atoms with Crippen LogP contribution in [0.1, 0.15) is 0 Å². The maximum absolute atomic E-state index is 7.31. The fourth-order valence-corrected chi connectivity index (χ4v) is 14.0. The summed E-state index contributed by atoms with van der Waals surface area (Å²) < 4.78 is 14.6. The van der Waals surface area contributed by atoms with Crippen molar-refractivity contribution in [1.29, 1.82) is 0 Å². The molecule has 0 radical (unpaired) electrons. The van der Waals surface area contributed by atoms with Gasteiger partial charge in [0.15, 0.2) is 0 Å². The van der Waals surface area contributed by atoms with E-state index in [1.165, 1.54) is 32.8 Å². The highest BCUT2D eigenvalue weighted by molar-refractivity contribution is 7.03. The summed E-state index contributed by atoms with van der Waals surface area (Å²) in [6, 6.07) is 113. The van der Waals surface area contributed by atoms with Gasteiger partial charge in [-0.15, -0.1) is 0 Å². The first-order chi connectivity index (χ1) is 42.7. The third-order valence-corrected chi connectivity index (χ3v) is 17.5. The fourth-order valence-electron chi connectivity index (χ4n) is 14.0. The van der Waals surface area contributed by atoms with Crippen LogP contribution in [-0.2, 0) is 0 Å². The summed E-state index contributed by atoms with van der Waals surface area (Å²) in [4.78, 5) is 9.88. The Kier molecular flexibility index (Phi) is 11.7. The number of anilines is 12. The molecule has 0 unspecified atom stereocenters. The van der Waals surface area contributed by atoms with Gasteiger partial charge in [0.05, 0.1) is 0 Å². The van der Waals surface area contributed by atoms with Gasteiger partial charge in [0.2, 0.25) is 0 Å². The van der Waals surface area contributed by atoms with E-state index in [9.17, 15) is 0 Å². The van der Waals surface area contributed by atoms with Gasteiger partial charge in [0.1, 0.15) is 23.0 Å². The lowest BCUT2D eigenvalue weighted by atomic mass is 9.30. The molecular formula is C78H52B2N4O2. The Morgan fingerprint density at radius 1 is 0.221 bits per heavy atom. The van der Waals surface area contributed by atoms with Crippen molar-refractivity contribution in [3.63, 3.8) is 0 Å². The van der Waals surface area contributed by atoms with Gasteiger partial charge < -0.3 is 29.1 Å². The van der Waals surface area contributed by atoms with Crippen molar-refractivity contribution in [3.05, 3.63) is 315 Å². The number of benzene rings is 13. The Labute approximate surface area is 501 Å². The second-order valence-corrected chi connectivity index (χ2v) is 22.3. The van der Waals surface area contributed by atoms with Crippen LogP contribution in [0.15, 0.2) is 315 Å². The SMILES string of the molecule is c1ccc(-c2ccccc2Oc2cc3c4c(c2)N(c2ccccc2)c2cc5c(cc2B4c2ccccc2N3c2ccccc2)B2c3ccccc3N(c3ccccc3)c3cc(Oc4ccccc4-c4ccccc4)cc(c32)N5c2ccccc2)cc1. The maximum atomic E-state index is 7.31. The van der Waals surface area contributed by atoms with E-state index in [0.29, 0.717) is 0 Å². The molecule has 86 heavy (non-hydrogen) atoms. The molecule has 0 saturated heterocycles. The van der Waals surface area contributed by atoms with Crippen molar-refractivity contribution in [1.82, 2.24) is 0 Å². The minimum Gasteiger partial charge on any atom is -0.457 e. The molecule has 8 heteroatoms. The first-order valence-corrected chi connectivity index (χ1v) is 29.5. The summed E-state index contributed by atoms with van der Waals surface area (Å²) in [5.41, 5.74) is 24.4. The van der Waals surface area contributed by atoms with Crippen LogP contribution >= 0.6 is 0 Å². The summed E-state index contributed by atoms with van der Waals surface area (Å²) in [5, 5.41) is 0. The van der Waals surface area contributed by atoms with Crippen molar-refractivity contribution < 1.29 is 9.47 Å². The second kappa shape index (κ2) is 20.3. The largest absolute Gasteiger partial charge is 0.457 e. The zero-order valence-corrected chi connectivity index (χ0v) is 46.8. The molecule has 0 spiro atoms. The Morgan fingerprint density at radius 3 is 0.872 bits per heavy atom. The Balaban J connectivity index is 0.949. The van der Waals surface area contributed by atoms with Crippen molar-refractivity contribution in [2.45, 2.75) is 0 Å². The van der Waals surface area contributed by atoms with Gasteiger partial charge in [0, 0.05) is 104 Å². The van der Waals surface area contributed by atoms with Crippen molar-refractivity contribution >= 4 is 114 Å². The first kappa shape index (κ1) is 49.4. The summed E-state index contributed by atoms with van der Waals surface area (Å²) in [5.74, 6) is 3.03. The molecule has 13 aromatic carbocycles. The summed E-state index contributed by atoms with van der Waals surface area (Å²) in [6.45, 7) is -0.346. The van der Waals surface area contributed by atoms with Crippen LogP contribution < -0.4 is 61.9 Å². The lowest BCUT2D eigenvalue weighted by Gasteiger charge is -2.47. The van der Waals surface area contributed by atoms with E-state index in [4.69, 9.17) is 9.47 Å². The molecule has 0 saturated carbocycles. The second-order valence-electron chi connectivity index (χ2n) is 22.3. The van der Waals surface area contributed by atoms with Crippen LogP contribution in [0.4, 0.5) is 68.2 Å². The Hall–Kier alpha value is -11.2. The Bertz CT molecular complexity index is 4450. The highest BCUT2D eigenvalue weighted by Gasteiger charge is 2.48. The van der Waals surface area contributed by atoms with Crippen molar-refractivity contribution in [2.75, 3.05) is 19.6 Å². The molecule has 4 aliphatic heterocycles. The zero-order chi connectivity index (χ0) is 56.7. The van der Waals surface area contributed by atoms with Gasteiger partial charge in [-0.3, -0.25) is 0 Å². The van der Waals surface area contributed by atoms with Crippen molar-refractivity contribution in [3.8, 4) is 45.3 Å². The number of rotatable bonds is 10. The highest BCUT2D eigenvalue weighted by Crippen LogP contribution is 2.51. The van der Waals surface area contributed by atoms with E-state index >= 15 is 0 Å². The molecule has 6 nitrogen and oxygen atoms in total. The molecule has 0 aliphatic carbocycles. The quantitative estimate of drug-likeness (QED) is 0.127. The monoisotopic (exact) mass is 1100 g/mol. The number of hydrogen-bond acceptors (Lipinski definition) is 6. The van der Waals surface area contributed by atoms with Crippen LogP contribution in [0.3, 0.4) is 0 Å². The number of hydrogen-bond donors (Lipinski definition) is 0. The van der Waals surface area contributed by atoms with E-state index in [-0.39, 0.29) is 13.4 Å². The minimum atomic E-state index is -0.173.